The molecule has 1 aliphatic heterocycles. The highest BCUT2D eigenvalue weighted by atomic mass is 32.2. The fourth-order valence-corrected chi connectivity index (χ4v) is 3.86. The van der Waals surface area contributed by atoms with Crippen LogP contribution in [0.15, 0.2) is 0 Å². The standard InChI is InChI=1S/C12H19NO3S/c14-11(13-6-8-3-4-17-7-8)9-1-2-10(5-9)12(15)16/h8-10H,1-7H2,(H,13,14)(H,15,16). The van der Waals surface area contributed by atoms with Gasteiger partial charge in [-0.3, -0.25) is 9.59 Å². The van der Waals surface area contributed by atoms with E-state index in [4.69, 9.17) is 5.11 Å². The highest BCUT2D eigenvalue weighted by Crippen LogP contribution is 2.31. The lowest BCUT2D eigenvalue weighted by Gasteiger charge is -2.13. The van der Waals surface area contributed by atoms with Crippen LogP contribution >= 0.6 is 11.8 Å². The van der Waals surface area contributed by atoms with Gasteiger partial charge in [0.15, 0.2) is 0 Å². The molecular weight excluding hydrogens is 238 g/mol. The summed E-state index contributed by atoms with van der Waals surface area (Å²) in [6.45, 7) is 0.764. The van der Waals surface area contributed by atoms with Crippen LogP contribution in [-0.4, -0.2) is 35.0 Å². The Morgan fingerprint density at radius 3 is 2.59 bits per heavy atom. The summed E-state index contributed by atoms with van der Waals surface area (Å²) >= 11 is 1.94. The highest BCUT2D eigenvalue weighted by molar-refractivity contribution is 7.99. The Morgan fingerprint density at radius 1 is 1.24 bits per heavy atom. The van der Waals surface area contributed by atoms with E-state index in [1.807, 2.05) is 11.8 Å². The largest absolute Gasteiger partial charge is 0.481 e. The summed E-state index contributed by atoms with van der Waals surface area (Å²) in [5, 5.41) is 11.9. The minimum Gasteiger partial charge on any atom is -0.481 e. The van der Waals surface area contributed by atoms with Crippen molar-refractivity contribution >= 4 is 23.6 Å². The maximum absolute atomic E-state index is 11.9. The zero-order valence-electron chi connectivity index (χ0n) is 9.85. The molecule has 2 N–H and O–H groups in total. The first kappa shape index (κ1) is 12.7. The molecule has 3 atom stereocenters. The van der Waals surface area contributed by atoms with Gasteiger partial charge in [0.25, 0.3) is 0 Å². The van der Waals surface area contributed by atoms with E-state index >= 15 is 0 Å². The third-order valence-electron chi connectivity index (χ3n) is 3.74. The van der Waals surface area contributed by atoms with Crippen LogP contribution in [-0.2, 0) is 9.59 Å². The van der Waals surface area contributed by atoms with Gasteiger partial charge in [0, 0.05) is 12.5 Å². The highest BCUT2D eigenvalue weighted by Gasteiger charge is 2.33. The van der Waals surface area contributed by atoms with E-state index in [2.05, 4.69) is 5.32 Å². The van der Waals surface area contributed by atoms with Crippen LogP contribution in [0.4, 0.5) is 0 Å². The van der Waals surface area contributed by atoms with Gasteiger partial charge in [-0.25, -0.2) is 0 Å². The monoisotopic (exact) mass is 257 g/mol. The number of thioether (sulfide) groups is 1. The summed E-state index contributed by atoms with van der Waals surface area (Å²) < 4.78 is 0. The fraction of sp³-hybridized carbons (Fsp3) is 0.833. The molecule has 0 aromatic rings. The summed E-state index contributed by atoms with van der Waals surface area (Å²) in [5.41, 5.74) is 0. The maximum atomic E-state index is 11.9. The van der Waals surface area contributed by atoms with Crippen LogP contribution in [0, 0.1) is 17.8 Å². The molecule has 3 unspecified atom stereocenters. The number of carboxylic acid groups (broad SMARTS) is 1. The molecule has 0 bridgehead atoms. The van der Waals surface area contributed by atoms with Gasteiger partial charge >= 0.3 is 5.97 Å². The Kier molecular flexibility index (Phi) is 4.31. The number of carbonyl (C=O) groups is 2. The lowest BCUT2D eigenvalue weighted by Crippen LogP contribution is -2.33. The average Bonchev–Trinajstić information content (AvgIpc) is 2.96. The van der Waals surface area contributed by atoms with Crippen molar-refractivity contribution in [3.63, 3.8) is 0 Å². The Hall–Kier alpha value is -0.710. The molecule has 17 heavy (non-hydrogen) atoms. The van der Waals surface area contributed by atoms with Crippen LogP contribution < -0.4 is 5.32 Å². The Bertz CT molecular complexity index is 302. The van der Waals surface area contributed by atoms with E-state index in [9.17, 15) is 9.59 Å². The molecule has 1 saturated carbocycles. The first-order valence-corrected chi connectivity index (χ1v) is 7.40. The smallest absolute Gasteiger partial charge is 0.306 e. The van der Waals surface area contributed by atoms with E-state index in [0.717, 1.165) is 18.7 Å². The molecule has 0 spiro atoms. The van der Waals surface area contributed by atoms with Gasteiger partial charge < -0.3 is 10.4 Å². The number of carboxylic acids is 1. The predicted octanol–water partition coefficient (Wildman–Crippen LogP) is 1.36. The summed E-state index contributed by atoms with van der Waals surface area (Å²) in [6, 6.07) is 0. The van der Waals surface area contributed by atoms with Crippen LogP contribution in [0.3, 0.4) is 0 Å². The summed E-state index contributed by atoms with van der Waals surface area (Å²) in [4.78, 5) is 22.7. The van der Waals surface area contributed by atoms with Gasteiger partial charge in [-0.2, -0.15) is 11.8 Å². The van der Waals surface area contributed by atoms with Gasteiger partial charge in [0.1, 0.15) is 0 Å². The van der Waals surface area contributed by atoms with Crippen LogP contribution in [0.25, 0.3) is 0 Å². The second-order valence-electron chi connectivity index (χ2n) is 5.02. The van der Waals surface area contributed by atoms with Gasteiger partial charge in [-0.1, -0.05) is 0 Å². The molecule has 96 valence electrons. The van der Waals surface area contributed by atoms with Crippen molar-refractivity contribution in [3.05, 3.63) is 0 Å². The maximum Gasteiger partial charge on any atom is 0.306 e. The van der Waals surface area contributed by atoms with Crippen molar-refractivity contribution in [1.82, 2.24) is 5.32 Å². The van der Waals surface area contributed by atoms with Crippen molar-refractivity contribution in [3.8, 4) is 0 Å². The predicted molar refractivity (Wildman–Crippen MR) is 66.9 cm³/mol. The summed E-state index contributed by atoms with van der Waals surface area (Å²) in [6.07, 6.45) is 3.07. The van der Waals surface area contributed by atoms with E-state index in [0.29, 0.717) is 18.8 Å². The van der Waals surface area contributed by atoms with E-state index in [1.165, 1.54) is 12.2 Å². The zero-order valence-corrected chi connectivity index (χ0v) is 10.7. The number of nitrogens with one attached hydrogen (secondary N) is 1. The Morgan fingerprint density at radius 2 is 2.00 bits per heavy atom. The van der Waals surface area contributed by atoms with Crippen LogP contribution in [0.2, 0.25) is 0 Å². The third-order valence-corrected chi connectivity index (χ3v) is 4.97. The van der Waals surface area contributed by atoms with Crippen LogP contribution in [0.5, 0.6) is 0 Å². The Balaban J connectivity index is 1.71. The molecule has 2 fully saturated rings. The SMILES string of the molecule is O=C(O)C1CCC(C(=O)NCC2CCSC2)C1. The van der Waals surface area contributed by atoms with Gasteiger partial charge in [-0.05, 0) is 43.1 Å². The van der Waals surface area contributed by atoms with E-state index < -0.39 is 5.97 Å². The number of hydrogen-bond donors (Lipinski definition) is 2. The lowest BCUT2D eigenvalue weighted by atomic mass is 10.0. The molecule has 0 radical (unpaired) electrons. The lowest BCUT2D eigenvalue weighted by molar-refractivity contribution is -0.141. The first-order valence-electron chi connectivity index (χ1n) is 6.25. The fourth-order valence-electron chi connectivity index (χ4n) is 2.58. The van der Waals surface area contributed by atoms with Gasteiger partial charge in [0.05, 0.1) is 5.92 Å². The second kappa shape index (κ2) is 5.76. The minimum atomic E-state index is -0.757. The Labute approximate surface area is 106 Å². The quantitative estimate of drug-likeness (QED) is 0.798. The first-order chi connectivity index (χ1) is 8.16. The molecule has 4 nitrogen and oxygen atoms in total. The van der Waals surface area contributed by atoms with Crippen molar-refractivity contribution < 1.29 is 14.7 Å². The molecule has 1 heterocycles. The van der Waals surface area contributed by atoms with Crippen molar-refractivity contribution in [2.45, 2.75) is 25.7 Å². The van der Waals surface area contributed by atoms with Crippen LogP contribution in [0.1, 0.15) is 25.7 Å². The average molecular weight is 257 g/mol. The molecule has 2 rings (SSSR count). The number of amides is 1. The molecule has 1 saturated heterocycles. The second-order valence-corrected chi connectivity index (χ2v) is 6.17. The molecule has 1 aliphatic carbocycles. The van der Waals surface area contributed by atoms with Gasteiger partial charge in [-0.15, -0.1) is 0 Å². The number of hydrogen-bond acceptors (Lipinski definition) is 3. The molecule has 0 aromatic carbocycles. The van der Waals surface area contributed by atoms with E-state index in [1.54, 1.807) is 0 Å². The number of aliphatic carboxylic acids is 1. The van der Waals surface area contributed by atoms with Crippen molar-refractivity contribution in [2.24, 2.45) is 17.8 Å². The number of carbonyl (C=O) groups excluding carboxylic acids is 1. The van der Waals surface area contributed by atoms with E-state index in [-0.39, 0.29) is 17.7 Å². The van der Waals surface area contributed by atoms with Crippen molar-refractivity contribution in [2.75, 3.05) is 18.1 Å². The topological polar surface area (TPSA) is 66.4 Å². The zero-order chi connectivity index (χ0) is 12.3. The number of rotatable bonds is 4. The normalized spacial score (nSPS) is 32.6. The summed E-state index contributed by atoms with van der Waals surface area (Å²) in [7, 11) is 0. The minimum absolute atomic E-state index is 0.0608. The molecule has 1 amide bonds. The van der Waals surface area contributed by atoms with Crippen molar-refractivity contribution in [1.29, 1.82) is 0 Å². The molecule has 5 heteroatoms. The molecule has 0 aromatic heterocycles. The summed E-state index contributed by atoms with van der Waals surface area (Å²) in [5.74, 6) is 1.87. The van der Waals surface area contributed by atoms with Gasteiger partial charge in [0.2, 0.25) is 5.91 Å². The molecule has 2 aliphatic rings. The third kappa shape index (κ3) is 3.37. The molecular formula is C12H19NO3S.